The standard InChI is InChI=1S/C12H22BClO4Si/c1-12(2,3)19(4,5)16-7-9-8(18-11(14)15)6-10(13)17-9/h8-10H,6-7H2,1-5H3/t8-,9-,10-/m1/s1. The second kappa shape index (κ2) is 6.16. The summed E-state index contributed by atoms with van der Waals surface area (Å²) in [6, 6.07) is -0.436. The first-order chi connectivity index (χ1) is 8.53. The van der Waals surface area contributed by atoms with Crippen molar-refractivity contribution in [1.29, 1.82) is 0 Å². The zero-order chi connectivity index (χ0) is 14.8. The van der Waals surface area contributed by atoms with Gasteiger partial charge in [0.1, 0.15) is 20.1 Å². The largest absolute Gasteiger partial charge is 0.447 e. The lowest BCUT2D eigenvalue weighted by molar-refractivity contribution is -0.00336. The van der Waals surface area contributed by atoms with Crippen molar-refractivity contribution in [2.45, 2.75) is 63.5 Å². The fourth-order valence-electron chi connectivity index (χ4n) is 1.65. The summed E-state index contributed by atoms with van der Waals surface area (Å²) >= 11 is 5.24. The Hall–Kier alpha value is -0.0382. The van der Waals surface area contributed by atoms with Crippen LogP contribution in [0.5, 0.6) is 0 Å². The van der Waals surface area contributed by atoms with Gasteiger partial charge in [-0.05, 0) is 18.1 Å². The highest BCUT2D eigenvalue weighted by Crippen LogP contribution is 2.37. The Morgan fingerprint density at radius 2 is 2.05 bits per heavy atom. The maximum atomic E-state index is 10.8. The molecule has 0 spiro atoms. The van der Waals surface area contributed by atoms with Crippen LogP contribution in [0.25, 0.3) is 0 Å². The quantitative estimate of drug-likeness (QED) is 0.591. The third-order valence-electron chi connectivity index (χ3n) is 3.89. The average molecular weight is 305 g/mol. The number of carbonyl (C=O) groups is 1. The van der Waals surface area contributed by atoms with E-state index in [-0.39, 0.29) is 11.1 Å². The predicted molar refractivity (Wildman–Crippen MR) is 78.3 cm³/mol. The second-order valence-electron chi connectivity index (χ2n) is 6.41. The summed E-state index contributed by atoms with van der Waals surface area (Å²) in [7, 11) is 3.86. The van der Waals surface area contributed by atoms with E-state index in [0.29, 0.717) is 13.0 Å². The first-order valence-electron chi connectivity index (χ1n) is 6.44. The van der Waals surface area contributed by atoms with E-state index in [9.17, 15) is 4.79 Å². The van der Waals surface area contributed by atoms with Gasteiger partial charge < -0.3 is 13.9 Å². The van der Waals surface area contributed by atoms with Crippen molar-refractivity contribution in [2.75, 3.05) is 6.61 Å². The smallest absolute Gasteiger partial charge is 0.404 e. The molecule has 7 heteroatoms. The molecule has 0 saturated carbocycles. The molecule has 4 nitrogen and oxygen atoms in total. The van der Waals surface area contributed by atoms with E-state index in [1.807, 2.05) is 0 Å². The molecule has 1 saturated heterocycles. The molecule has 108 valence electrons. The van der Waals surface area contributed by atoms with Crippen LogP contribution in [0.2, 0.25) is 18.1 Å². The molecule has 1 rings (SSSR count). The second-order valence-corrected chi connectivity index (χ2v) is 11.5. The van der Waals surface area contributed by atoms with Crippen LogP contribution in [-0.4, -0.2) is 46.4 Å². The zero-order valence-corrected chi connectivity index (χ0v) is 14.0. The molecular formula is C12H22BClO4Si. The van der Waals surface area contributed by atoms with Crippen LogP contribution in [0.1, 0.15) is 27.2 Å². The van der Waals surface area contributed by atoms with E-state index in [4.69, 9.17) is 33.3 Å². The molecule has 0 aliphatic carbocycles. The van der Waals surface area contributed by atoms with Gasteiger partial charge in [-0.25, -0.2) is 4.79 Å². The third-order valence-corrected chi connectivity index (χ3v) is 8.48. The summed E-state index contributed by atoms with van der Waals surface area (Å²) in [5.74, 6) is 0. The topological polar surface area (TPSA) is 44.8 Å². The van der Waals surface area contributed by atoms with E-state index in [0.717, 1.165) is 0 Å². The Kier molecular flexibility index (Phi) is 5.52. The van der Waals surface area contributed by atoms with Crippen molar-refractivity contribution < 1.29 is 18.7 Å². The highest BCUT2D eigenvalue weighted by Gasteiger charge is 2.41. The Bertz CT molecular complexity index is 332. The fourth-order valence-corrected chi connectivity index (χ4v) is 2.77. The minimum atomic E-state index is -1.86. The van der Waals surface area contributed by atoms with Crippen LogP contribution in [-0.2, 0) is 13.9 Å². The van der Waals surface area contributed by atoms with Gasteiger partial charge in [0.05, 0.1) is 6.61 Å². The monoisotopic (exact) mass is 304 g/mol. The molecule has 1 aliphatic rings. The first kappa shape index (κ1) is 17.0. The summed E-state index contributed by atoms with van der Waals surface area (Å²) in [5.41, 5.74) is -0.833. The highest BCUT2D eigenvalue weighted by molar-refractivity contribution is 6.74. The Balaban J connectivity index is 2.58. The van der Waals surface area contributed by atoms with Gasteiger partial charge in [-0.2, -0.15) is 0 Å². The van der Waals surface area contributed by atoms with Crippen LogP contribution in [0.4, 0.5) is 4.79 Å². The molecule has 1 aliphatic heterocycles. The molecule has 3 atom stereocenters. The summed E-state index contributed by atoms with van der Waals surface area (Å²) in [4.78, 5) is 10.8. The van der Waals surface area contributed by atoms with Crippen LogP contribution in [0.15, 0.2) is 0 Å². The zero-order valence-electron chi connectivity index (χ0n) is 12.2. The molecule has 0 aromatic carbocycles. The van der Waals surface area contributed by atoms with Crippen molar-refractivity contribution in [3.8, 4) is 0 Å². The fraction of sp³-hybridized carbons (Fsp3) is 0.917. The Labute approximate surface area is 122 Å². The van der Waals surface area contributed by atoms with Crippen molar-refractivity contribution in [2.24, 2.45) is 0 Å². The molecule has 0 bridgehead atoms. The number of hydrogen-bond acceptors (Lipinski definition) is 4. The van der Waals surface area contributed by atoms with Gasteiger partial charge in [-0.1, -0.05) is 20.8 Å². The van der Waals surface area contributed by atoms with Crippen molar-refractivity contribution in [1.82, 2.24) is 0 Å². The summed E-state index contributed by atoms with van der Waals surface area (Å²) in [5, 5.41) is 0.117. The van der Waals surface area contributed by atoms with E-state index >= 15 is 0 Å². The van der Waals surface area contributed by atoms with Crippen LogP contribution < -0.4 is 0 Å². The van der Waals surface area contributed by atoms with Crippen molar-refractivity contribution >= 4 is 33.2 Å². The molecule has 1 fully saturated rings. The maximum Gasteiger partial charge on any atom is 0.404 e. The minimum Gasteiger partial charge on any atom is -0.447 e. The lowest BCUT2D eigenvalue weighted by Crippen LogP contribution is -2.44. The van der Waals surface area contributed by atoms with Gasteiger partial charge in [0, 0.05) is 24.0 Å². The molecule has 2 radical (unpaired) electrons. The molecule has 0 unspecified atom stereocenters. The van der Waals surface area contributed by atoms with Gasteiger partial charge >= 0.3 is 5.43 Å². The normalized spacial score (nSPS) is 28.4. The number of rotatable bonds is 4. The van der Waals surface area contributed by atoms with E-state index in [1.54, 1.807) is 0 Å². The number of hydrogen-bond donors (Lipinski definition) is 0. The molecule has 0 aromatic heterocycles. The van der Waals surface area contributed by atoms with Crippen LogP contribution >= 0.6 is 11.6 Å². The van der Waals surface area contributed by atoms with Gasteiger partial charge in [0.2, 0.25) is 0 Å². The van der Waals surface area contributed by atoms with Gasteiger partial charge in [0.25, 0.3) is 0 Å². The molecule has 1 heterocycles. The first-order valence-corrected chi connectivity index (χ1v) is 9.72. The van der Waals surface area contributed by atoms with Gasteiger partial charge in [0.15, 0.2) is 8.32 Å². The van der Waals surface area contributed by atoms with E-state index in [1.165, 1.54) is 0 Å². The number of carbonyl (C=O) groups excluding carboxylic acids is 1. The molecule has 0 N–H and O–H groups in total. The number of ether oxygens (including phenoxy) is 2. The summed E-state index contributed by atoms with van der Waals surface area (Å²) in [6.07, 6.45) is -0.319. The predicted octanol–water partition coefficient (Wildman–Crippen LogP) is 3.04. The lowest BCUT2D eigenvalue weighted by Gasteiger charge is -2.37. The maximum absolute atomic E-state index is 10.8. The minimum absolute atomic E-state index is 0.117. The van der Waals surface area contributed by atoms with Gasteiger partial charge in [-0.15, -0.1) is 0 Å². The molecule has 0 amide bonds. The van der Waals surface area contributed by atoms with Crippen LogP contribution in [0, 0.1) is 0 Å². The average Bonchev–Trinajstić information content (AvgIpc) is 2.53. The summed E-state index contributed by atoms with van der Waals surface area (Å²) in [6.45, 7) is 11.2. The molecular weight excluding hydrogens is 282 g/mol. The molecule has 19 heavy (non-hydrogen) atoms. The van der Waals surface area contributed by atoms with Crippen molar-refractivity contribution in [3.63, 3.8) is 0 Å². The lowest BCUT2D eigenvalue weighted by atomic mass is 9.96. The summed E-state index contributed by atoms with van der Waals surface area (Å²) < 4.78 is 16.6. The SMILES string of the molecule is [B][C@H]1C[C@@H](OC(=O)Cl)[C@@H](CO[Si](C)(C)C(C)(C)C)O1. The number of halogens is 1. The highest BCUT2D eigenvalue weighted by atomic mass is 35.5. The van der Waals surface area contributed by atoms with Gasteiger partial charge in [-0.3, -0.25) is 0 Å². The van der Waals surface area contributed by atoms with Crippen molar-refractivity contribution in [3.05, 3.63) is 0 Å². The van der Waals surface area contributed by atoms with E-state index in [2.05, 4.69) is 33.9 Å². The molecule has 0 aromatic rings. The Morgan fingerprint density at radius 3 is 2.53 bits per heavy atom. The third kappa shape index (κ3) is 4.77. The Morgan fingerprint density at radius 1 is 1.47 bits per heavy atom. The van der Waals surface area contributed by atoms with E-state index < -0.39 is 25.9 Å². The van der Waals surface area contributed by atoms with Crippen LogP contribution in [0.3, 0.4) is 0 Å².